The summed E-state index contributed by atoms with van der Waals surface area (Å²) >= 11 is 12.3. The minimum atomic E-state index is -1.15. The Kier molecular flexibility index (Phi) is 9.46. The Balaban J connectivity index is 1.96. The van der Waals surface area contributed by atoms with Crippen molar-refractivity contribution in [3.63, 3.8) is 0 Å². The average Bonchev–Trinajstić information content (AvgIpc) is 2.80. The van der Waals surface area contributed by atoms with Crippen LogP contribution in [0.5, 0.6) is 5.75 Å². The normalized spacial score (nSPS) is 14.0. The molecule has 0 spiro atoms. The molecule has 1 saturated carbocycles. The summed E-state index contributed by atoms with van der Waals surface area (Å²) < 4.78 is 19.5. The van der Waals surface area contributed by atoms with Gasteiger partial charge in [0, 0.05) is 23.7 Å². The Bertz CT molecular complexity index is 1060. The van der Waals surface area contributed by atoms with E-state index in [0.717, 1.165) is 38.3 Å². The fraction of sp³-hybridized carbons (Fsp3) is 0.440. The average molecular weight is 526 g/mol. The molecule has 3 N–H and O–H groups in total. The van der Waals surface area contributed by atoms with Gasteiger partial charge in [-0.3, -0.25) is 0 Å². The Labute approximate surface area is 214 Å². The number of halogens is 3. The van der Waals surface area contributed by atoms with Gasteiger partial charge in [-0.2, -0.15) is 0 Å². The molecule has 1 fully saturated rings. The molecule has 1 aliphatic rings. The van der Waals surface area contributed by atoms with Crippen LogP contribution in [0.2, 0.25) is 10.0 Å². The summed E-state index contributed by atoms with van der Waals surface area (Å²) in [6, 6.07) is 6.74. The number of carboxylic acids is 1. The van der Waals surface area contributed by atoms with E-state index >= 15 is 0 Å². The van der Waals surface area contributed by atoms with Crippen molar-refractivity contribution in [3.05, 3.63) is 46.2 Å². The van der Waals surface area contributed by atoms with E-state index in [2.05, 4.69) is 29.4 Å². The number of hydrogen-bond donors (Lipinski definition) is 3. The summed E-state index contributed by atoms with van der Waals surface area (Å²) in [6.45, 7) is 4.38. The summed E-state index contributed by atoms with van der Waals surface area (Å²) in [4.78, 5) is 26.1. The van der Waals surface area contributed by atoms with E-state index < -0.39 is 24.4 Å². The van der Waals surface area contributed by atoms with Crippen LogP contribution in [0.4, 0.5) is 26.2 Å². The first-order chi connectivity index (χ1) is 16.6. The fourth-order valence-electron chi connectivity index (χ4n) is 4.23. The number of benzene rings is 2. The van der Waals surface area contributed by atoms with Gasteiger partial charge in [-0.1, -0.05) is 56.3 Å². The number of aliphatic carboxylic acids is 1. The first kappa shape index (κ1) is 26.9. The van der Waals surface area contributed by atoms with Crippen LogP contribution < -0.4 is 20.3 Å². The number of amides is 2. The summed E-state index contributed by atoms with van der Waals surface area (Å²) in [7, 11) is 0. The van der Waals surface area contributed by atoms with Crippen LogP contribution in [-0.4, -0.2) is 36.3 Å². The van der Waals surface area contributed by atoms with Gasteiger partial charge in [0.25, 0.3) is 0 Å². The molecular formula is C25H30Cl2FN3O4. The molecule has 0 bridgehead atoms. The zero-order valence-corrected chi connectivity index (χ0v) is 21.3. The lowest BCUT2D eigenvalue weighted by atomic mass is 9.93. The number of rotatable bonds is 9. The fourth-order valence-corrected chi connectivity index (χ4v) is 4.60. The third kappa shape index (κ3) is 7.64. The monoisotopic (exact) mass is 525 g/mol. The number of carboxylic acid groups (broad SMARTS) is 1. The summed E-state index contributed by atoms with van der Waals surface area (Å²) in [5.41, 5.74) is 1.05. The summed E-state index contributed by atoms with van der Waals surface area (Å²) in [5.74, 6) is -1.36. The van der Waals surface area contributed by atoms with E-state index in [1.54, 1.807) is 6.07 Å². The highest BCUT2D eigenvalue weighted by Crippen LogP contribution is 2.40. The lowest BCUT2D eigenvalue weighted by molar-refractivity contribution is -0.139. The molecular weight excluding hydrogens is 496 g/mol. The third-order valence-electron chi connectivity index (χ3n) is 5.72. The minimum absolute atomic E-state index is 0.0314. The van der Waals surface area contributed by atoms with Crippen molar-refractivity contribution < 1.29 is 23.8 Å². The second-order valence-electron chi connectivity index (χ2n) is 9.02. The van der Waals surface area contributed by atoms with Crippen LogP contribution >= 0.6 is 23.2 Å². The van der Waals surface area contributed by atoms with Gasteiger partial charge in [-0.25, -0.2) is 14.0 Å². The van der Waals surface area contributed by atoms with E-state index in [9.17, 15) is 14.0 Å². The zero-order chi connectivity index (χ0) is 25.5. The van der Waals surface area contributed by atoms with Gasteiger partial charge in [0.05, 0.1) is 22.1 Å². The van der Waals surface area contributed by atoms with Crippen LogP contribution in [0.1, 0.15) is 46.0 Å². The number of carbonyl (C=O) groups is 2. The van der Waals surface area contributed by atoms with Gasteiger partial charge >= 0.3 is 12.0 Å². The van der Waals surface area contributed by atoms with Gasteiger partial charge < -0.3 is 25.4 Å². The topological polar surface area (TPSA) is 90.9 Å². The number of anilines is 3. The highest BCUT2D eigenvalue weighted by Gasteiger charge is 2.26. The van der Waals surface area contributed by atoms with E-state index in [0.29, 0.717) is 17.3 Å². The Morgan fingerprint density at radius 1 is 1.11 bits per heavy atom. The van der Waals surface area contributed by atoms with Crippen molar-refractivity contribution >= 4 is 52.3 Å². The van der Waals surface area contributed by atoms with Crippen molar-refractivity contribution in [3.8, 4) is 5.75 Å². The van der Waals surface area contributed by atoms with Crippen molar-refractivity contribution in [2.75, 3.05) is 28.7 Å². The molecule has 0 heterocycles. The molecule has 0 atom stereocenters. The number of nitrogens with one attached hydrogen (secondary N) is 2. The molecule has 0 unspecified atom stereocenters. The molecule has 190 valence electrons. The molecule has 3 rings (SSSR count). The molecule has 2 aromatic rings. The second kappa shape index (κ2) is 12.3. The van der Waals surface area contributed by atoms with Crippen LogP contribution in [0, 0.1) is 11.7 Å². The quantitative estimate of drug-likeness (QED) is 0.326. The first-order valence-electron chi connectivity index (χ1n) is 11.6. The first-order valence-corrected chi connectivity index (χ1v) is 12.4. The Morgan fingerprint density at radius 3 is 2.43 bits per heavy atom. The van der Waals surface area contributed by atoms with Gasteiger partial charge in [-0.05, 0) is 43.0 Å². The van der Waals surface area contributed by atoms with Crippen LogP contribution in [0.3, 0.4) is 0 Å². The maximum atomic E-state index is 14.2. The summed E-state index contributed by atoms with van der Waals surface area (Å²) in [5, 5.41) is 14.7. The molecule has 10 heteroatoms. The van der Waals surface area contributed by atoms with Crippen LogP contribution in [0.15, 0.2) is 30.3 Å². The van der Waals surface area contributed by atoms with Crippen LogP contribution in [-0.2, 0) is 4.79 Å². The van der Waals surface area contributed by atoms with Crippen LogP contribution in [0.25, 0.3) is 0 Å². The van der Waals surface area contributed by atoms with E-state index in [4.69, 9.17) is 33.0 Å². The molecule has 0 radical (unpaired) electrons. The molecule has 2 amide bonds. The molecule has 0 aromatic heterocycles. The zero-order valence-electron chi connectivity index (χ0n) is 19.7. The highest BCUT2D eigenvalue weighted by atomic mass is 35.5. The maximum absolute atomic E-state index is 14.2. The third-order valence-corrected chi connectivity index (χ3v) is 6.25. The Hall–Kier alpha value is -2.71. The van der Waals surface area contributed by atoms with Gasteiger partial charge in [-0.15, -0.1) is 0 Å². The van der Waals surface area contributed by atoms with Crippen molar-refractivity contribution in [1.29, 1.82) is 0 Å². The van der Waals surface area contributed by atoms with E-state index in [-0.39, 0.29) is 27.5 Å². The van der Waals surface area contributed by atoms with Gasteiger partial charge in [0.15, 0.2) is 6.61 Å². The molecule has 7 nitrogen and oxygen atoms in total. The van der Waals surface area contributed by atoms with Gasteiger partial charge in [0.1, 0.15) is 11.6 Å². The smallest absolute Gasteiger partial charge is 0.341 e. The van der Waals surface area contributed by atoms with E-state index in [1.807, 2.05) is 0 Å². The second-order valence-corrected chi connectivity index (χ2v) is 9.87. The number of urea groups is 1. The lowest BCUT2D eigenvalue weighted by Gasteiger charge is -2.38. The standard InChI is InChI=1S/C25H30Cl2FN3O4/c1-15(2)13-31(17-6-4-3-5-7-17)22-11-18(27)23(35-14-24(32)33)12-21(22)30-25(34)29-20-9-8-16(26)10-19(20)28/h8-12,15,17H,3-7,13-14H2,1-2H3,(H,32,33)(H2,29,30,34). The minimum Gasteiger partial charge on any atom is -0.480 e. The molecule has 35 heavy (non-hydrogen) atoms. The number of ether oxygens (including phenoxy) is 1. The molecule has 0 aliphatic heterocycles. The molecule has 1 aliphatic carbocycles. The lowest BCUT2D eigenvalue weighted by Crippen LogP contribution is -2.40. The number of nitrogens with zero attached hydrogens (tertiary/aromatic N) is 1. The molecule has 0 saturated heterocycles. The predicted molar refractivity (Wildman–Crippen MR) is 138 cm³/mol. The summed E-state index contributed by atoms with van der Waals surface area (Å²) in [6.07, 6.45) is 5.46. The SMILES string of the molecule is CC(C)CN(c1cc(Cl)c(OCC(=O)O)cc1NC(=O)Nc1ccc(Cl)cc1F)C1CCCCC1. The highest BCUT2D eigenvalue weighted by molar-refractivity contribution is 6.32. The van der Waals surface area contributed by atoms with Crippen molar-refractivity contribution in [1.82, 2.24) is 0 Å². The Morgan fingerprint density at radius 2 is 1.80 bits per heavy atom. The van der Waals surface area contributed by atoms with Crippen molar-refractivity contribution in [2.24, 2.45) is 5.92 Å². The van der Waals surface area contributed by atoms with E-state index in [1.165, 1.54) is 24.6 Å². The number of carbonyl (C=O) groups excluding carboxylic acids is 1. The largest absolute Gasteiger partial charge is 0.480 e. The maximum Gasteiger partial charge on any atom is 0.341 e. The predicted octanol–water partition coefficient (Wildman–Crippen LogP) is 7.04. The molecule has 2 aromatic carbocycles. The number of hydrogen-bond acceptors (Lipinski definition) is 4. The van der Waals surface area contributed by atoms with Crippen molar-refractivity contribution in [2.45, 2.75) is 52.0 Å². The van der Waals surface area contributed by atoms with Gasteiger partial charge in [0.2, 0.25) is 0 Å².